The first-order valence-electron chi connectivity index (χ1n) is 11.9. The lowest BCUT2D eigenvalue weighted by molar-refractivity contribution is 0.0105. The van der Waals surface area contributed by atoms with Gasteiger partial charge in [0.15, 0.2) is 0 Å². The van der Waals surface area contributed by atoms with Crippen LogP contribution in [-0.4, -0.2) is 8.32 Å². The molecule has 0 atom stereocenters. The van der Waals surface area contributed by atoms with Crippen LogP contribution in [0.4, 0.5) is 0 Å². The van der Waals surface area contributed by atoms with Gasteiger partial charge in [-0.3, -0.25) is 0 Å². The van der Waals surface area contributed by atoms with E-state index in [1.807, 2.05) is 0 Å². The Morgan fingerprint density at radius 2 is 0.912 bits per heavy atom. The second-order valence-corrected chi connectivity index (χ2v) is 12.4. The number of benzene rings is 4. The monoisotopic (exact) mass is 458 g/mol. The molecule has 0 saturated carbocycles. The minimum absolute atomic E-state index is 0.444. The van der Waals surface area contributed by atoms with E-state index in [1.54, 1.807) is 0 Å². The van der Waals surface area contributed by atoms with Gasteiger partial charge >= 0.3 is 0 Å². The molecule has 0 aliphatic carbocycles. The summed E-state index contributed by atoms with van der Waals surface area (Å²) >= 11 is 0. The van der Waals surface area contributed by atoms with Gasteiger partial charge in [0.2, 0.25) is 8.32 Å². The van der Waals surface area contributed by atoms with E-state index in [2.05, 4.69) is 146 Å². The van der Waals surface area contributed by atoms with E-state index in [0.717, 1.165) is 23.6 Å². The average Bonchev–Trinajstić information content (AvgIpc) is 2.94. The maximum atomic E-state index is 7.56. The zero-order valence-corrected chi connectivity index (χ0v) is 20.4. The molecule has 0 N–H and O–H groups in total. The van der Waals surface area contributed by atoms with Crippen LogP contribution in [0.25, 0.3) is 0 Å². The van der Waals surface area contributed by atoms with Gasteiger partial charge in [0, 0.05) is 0 Å². The molecular weight excluding hydrogens is 428 g/mol. The lowest BCUT2D eigenvalue weighted by atomic mass is 9.57. The van der Waals surface area contributed by atoms with Crippen molar-refractivity contribution in [1.29, 1.82) is 0 Å². The second kappa shape index (κ2) is 9.06. The van der Waals surface area contributed by atoms with Crippen LogP contribution in [0.2, 0.25) is 6.04 Å². The summed E-state index contributed by atoms with van der Waals surface area (Å²) in [6, 6.07) is 44.1. The summed E-state index contributed by atoms with van der Waals surface area (Å²) in [5.41, 5.74) is 7.71. The predicted octanol–water partition coefficient (Wildman–Crippen LogP) is 7.73. The van der Waals surface area contributed by atoms with Crippen molar-refractivity contribution >= 4 is 8.32 Å². The fourth-order valence-electron chi connectivity index (χ4n) is 5.78. The molecule has 0 spiro atoms. The molecule has 1 saturated heterocycles. The first kappa shape index (κ1) is 22.3. The smallest absolute Gasteiger partial charge is 0.242 e. The Morgan fingerprint density at radius 1 is 0.559 bits per heavy atom. The summed E-state index contributed by atoms with van der Waals surface area (Å²) in [6.07, 6.45) is 0.926. The predicted molar refractivity (Wildman–Crippen MR) is 144 cm³/mol. The highest BCUT2D eigenvalue weighted by atomic mass is 28.4. The zero-order chi connectivity index (χ0) is 23.5. The number of hydrogen-bond acceptors (Lipinski definition) is 1. The normalized spacial score (nSPS) is 18.0. The van der Waals surface area contributed by atoms with Crippen molar-refractivity contribution in [2.45, 2.75) is 23.5 Å². The van der Waals surface area contributed by atoms with Gasteiger partial charge in [-0.1, -0.05) is 133 Å². The molecule has 4 aromatic carbocycles. The topological polar surface area (TPSA) is 9.23 Å². The minimum Gasteiger partial charge on any atom is -0.394 e. The Hall–Kier alpha value is -3.46. The van der Waals surface area contributed by atoms with Crippen LogP contribution in [0.5, 0.6) is 0 Å². The number of rotatable bonds is 6. The van der Waals surface area contributed by atoms with Gasteiger partial charge in [-0.15, -0.1) is 13.2 Å². The van der Waals surface area contributed by atoms with Crippen LogP contribution in [0, 0.1) is 0 Å². The second-order valence-electron chi connectivity index (χ2n) is 9.02. The van der Waals surface area contributed by atoms with Crippen molar-refractivity contribution in [3.05, 3.63) is 168 Å². The van der Waals surface area contributed by atoms with E-state index < -0.39 is 19.3 Å². The van der Waals surface area contributed by atoms with Crippen molar-refractivity contribution in [3.63, 3.8) is 0 Å². The lowest BCUT2D eigenvalue weighted by Crippen LogP contribution is -2.62. The SMILES string of the molecule is C=C[Si]1(C=C)CCC(c2ccccc2)(c2ccccc2)C(c2ccccc2)(c2ccccc2)O1. The Morgan fingerprint density at radius 3 is 1.26 bits per heavy atom. The molecule has 4 aromatic rings. The summed E-state index contributed by atoms with van der Waals surface area (Å²) in [5, 5.41) is 0. The van der Waals surface area contributed by atoms with E-state index >= 15 is 0 Å². The van der Waals surface area contributed by atoms with Crippen molar-refractivity contribution in [1.82, 2.24) is 0 Å². The van der Waals surface area contributed by atoms with Crippen LogP contribution in [0.3, 0.4) is 0 Å². The van der Waals surface area contributed by atoms with Gasteiger partial charge in [0.05, 0.1) is 5.41 Å². The third-order valence-electron chi connectivity index (χ3n) is 7.42. The summed E-state index contributed by atoms with van der Waals surface area (Å²) in [6.45, 7) is 8.48. The molecule has 0 radical (unpaired) electrons. The highest BCUT2D eigenvalue weighted by Gasteiger charge is 2.62. The maximum Gasteiger partial charge on any atom is 0.242 e. The molecule has 0 unspecified atom stereocenters. The molecule has 0 bridgehead atoms. The highest BCUT2D eigenvalue weighted by Crippen LogP contribution is 2.60. The van der Waals surface area contributed by atoms with E-state index in [-0.39, 0.29) is 0 Å². The van der Waals surface area contributed by atoms with Gasteiger partial charge in [-0.25, -0.2) is 0 Å². The first-order chi connectivity index (χ1) is 16.7. The van der Waals surface area contributed by atoms with Crippen molar-refractivity contribution in [2.24, 2.45) is 0 Å². The first-order valence-corrected chi connectivity index (χ1v) is 14.2. The van der Waals surface area contributed by atoms with Gasteiger partial charge in [-0.2, -0.15) is 0 Å². The minimum atomic E-state index is -2.46. The highest BCUT2D eigenvalue weighted by molar-refractivity contribution is 6.83. The standard InChI is InChI=1S/C32H30OSi/c1-3-34(4-2)26-25-31(27-17-9-5-10-18-27,28-19-11-6-12-20-28)32(33-34,29-21-13-7-14-22-29)30-23-15-8-16-24-30/h3-24H,1-2,25-26H2. The zero-order valence-electron chi connectivity index (χ0n) is 19.4. The molecule has 0 amide bonds. The molecule has 1 nitrogen and oxygen atoms in total. The Bertz CT molecular complexity index is 1160. The van der Waals surface area contributed by atoms with Crippen LogP contribution in [0.15, 0.2) is 146 Å². The van der Waals surface area contributed by atoms with Crippen molar-refractivity contribution in [2.75, 3.05) is 0 Å². The van der Waals surface area contributed by atoms with Gasteiger partial charge < -0.3 is 4.43 Å². The molecule has 1 aliphatic rings. The Balaban J connectivity index is 1.97. The molecule has 1 heterocycles. The summed E-state index contributed by atoms with van der Waals surface area (Å²) < 4.78 is 7.56. The summed E-state index contributed by atoms with van der Waals surface area (Å²) in [4.78, 5) is 0. The van der Waals surface area contributed by atoms with E-state index in [4.69, 9.17) is 4.43 Å². The van der Waals surface area contributed by atoms with Crippen LogP contribution >= 0.6 is 0 Å². The molecule has 1 fully saturated rings. The van der Waals surface area contributed by atoms with E-state index in [9.17, 15) is 0 Å². The molecular formula is C32H30OSi. The molecule has 1 aliphatic heterocycles. The quantitative estimate of drug-likeness (QED) is 0.269. The van der Waals surface area contributed by atoms with Crippen LogP contribution < -0.4 is 0 Å². The number of hydrogen-bond donors (Lipinski definition) is 0. The molecule has 34 heavy (non-hydrogen) atoms. The molecule has 5 rings (SSSR count). The van der Waals surface area contributed by atoms with Crippen LogP contribution in [0.1, 0.15) is 28.7 Å². The third kappa shape index (κ3) is 3.34. The molecule has 168 valence electrons. The lowest BCUT2D eigenvalue weighted by Gasteiger charge is -2.59. The van der Waals surface area contributed by atoms with Gasteiger partial charge in [0.1, 0.15) is 5.60 Å². The van der Waals surface area contributed by atoms with E-state index in [0.29, 0.717) is 0 Å². The summed E-state index contributed by atoms with van der Waals surface area (Å²) in [5.74, 6) is 0. The third-order valence-corrected chi connectivity index (χ3v) is 10.5. The Kier molecular flexibility index (Phi) is 5.95. The maximum absolute atomic E-state index is 7.56. The Labute approximate surface area is 204 Å². The molecule has 2 heteroatoms. The van der Waals surface area contributed by atoms with Crippen LogP contribution in [-0.2, 0) is 15.4 Å². The average molecular weight is 459 g/mol. The van der Waals surface area contributed by atoms with Crippen molar-refractivity contribution in [3.8, 4) is 0 Å². The fraction of sp³-hybridized carbons (Fsp3) is 0.125. The summed E-state index contributed by atoms with van der Waals surface area (Å²) in [7, 11) is -2.46. The van der Waals surface area contributed by atoms with E-state index in [1.165, 1.54) is 11.1 Å². The van der Waals surface area contributed by atoms with Crippen molar-refractivity contribution < 1.29 is 4.43 Å². The van der Waals surface area contributed by atoms with Gasteiger partial charge in [0.25, 0.3) is 0 Å². The van der Waals surface area contributed by atoms with Gasteiger partial charge in [-0.05, 0) is 34.7 Å². The largest absolute Gasteiger partial charge is 0.394 e. The fourth-order valence-corrected chi connectivity index (χ4v) is 8.37. The molecule has 0 aromatic heterocycles.